The van der Waals surface area contributed by atoms with Crippen LogP contribution in [0.5, 0.6) is 5.75 Å². The minimum absolute atomic E-state index is 0.781. The Bertz CT molecular complexity index is 610. The largest absolute Gasteiger partial charge is 0.494 e. The molecule has 0 radical (unpaired) electrons. The highest BCUT2D eigenvalue weighted by Gasteiger charge is 1.97. The SMILES string of the molecule is CCCCCCCCCCCCNCCCOc1ccc2ccccc2c1. The lowest BCUT2D eigenvalue weighted by Gasteiger charge is -2.08. The molecule has 0 atom stereocenters. The van der Waals surface area contributed by atoms with Crippen molar-refractivity contribution in [2.75, 3.05) is 19.7 Å². The molecule has 1 N–H and O–H groups in total. The highest BCUT2D eigenvalue weighted by Crippen LogP contribution is 2.20. The molecule has 150 valence electrons. The molecule has 2 heteroatoms. The molecule has 0 aromatic heterocycles. The van der Waals surface area contributed by atoms with Gasteiger partial charge in [-0.05, 0) is 48.8 Å². The fourth-order valence-corrected chi connectivity index (χ4v) is 3.51. The van der Waals surface area contributed by atoms with E-state index in [-0.39, 0.29) is 0 Å². The molecule has 2 nitrogen and oxygen atoms in total. The summed E-state index contributed by atoms with van der Waals surface area (Å²) >= 11 is 0. The molecule has 0 unspecified atom stereocenters. The van der Waals surface area contributed by atoms with E-state index >= 15 is 0 Å². The van der Waals surface area contributed by atoms with Gasteiger partial charge in [-0.2, -0.15) is 0 Å². The molecule has 0 spiro atoms. The van der Waals surface area contributed by atoms with Crippen LogP contribution in [-0.2, 0) is 0 Å². The Hall–Kier alpha value is -1.54. The summed E-state index contributed by atoms with van der Waals surface area (Å²) in [6.45, 7) is 5.26. The fraction of sp³-hybridized carbons (Fsp3) is 0.600. The maximum absolute atomic E-state index is 5.88. The van der Waals surface area contributed by atoms with Crippen molar-refractivity contribution < 1.29 is 4.74 Å². The van der Waals surface area contributed by atoms with Crippen LogP contribution < -0.4 is 10.1 Å². The molecule has 0 aliphatic carbocycles. The number of hydrogen-bond donors (Lipinski definition) is 1. The van der Waals surface area contributed by atoms with Gasteiger partial charge in [-0.15, -0.1) is 0 Å². The normalized spacial score (nSPS) is 11.1. The first-order chi connectivity index (χ1) is 13.4. The number of unbranched alkanes of at least 4 members (excludes halogenated alkanes) is 9. The van der Waals surface area contributed by atoms with Gasteiger partial charge in [0.1, 0.15) is 5.75 Å². The van der Waals surface area contributed by atoms with E-state index < -0.39 is 0 Å². The maximum atomic E-state index is 5.88. The Labute approximate surface area is 166 Å². The van der Waals surface area contributed by atoms with Crippen molar-refractivity contribution in [3.63, 3.8) is 0 Å². The maximum Gasteiger partial charge on any atom is 0.119 e. The molecule has 0 amide bonds. The molecule has 2 aromatic rings. The Morgan fingerprint density at radius 3 is 2.04 bits per heavy atom. The van der Waals surface area contributed by atoms with Gasteiger partial charge >= 0.3 is 0 Å². The third-order valence-corrected chi connectivity index (χ3v) is 5.19. The van der Waals surface area contributed by atoms with Gasteiger partial charge < -0.3 is 10.1 Å². The van der Waals surface area contributed by atoms with Gasteiger partial charge in [-0.25, -0.2) is 0 Å². The third-order valence-electron chi connectivity index (χ3n) is 5.19. The van der Waals surface area contributed by atoms with Crippen molar-refractivity contribution in [1.82, 2.24) is 5.32 Å². The molecule has 0 bridgehead atoms. The molecular weight excluding hydrogens is 330 g/mol. The predicted molar refractivity (Wildman–Crippen MR) is 119 cm³/mol. The zero-order valence-electron chi connectivity index (χ0n) is 17.3. The molecule has 2 aromatic carbocycles. The summed E-state index contributed by atoms with van der Waals surface area (Å²) in [6.07, 6.45) is 15.1. The van der Waals surface area contributed by atoms with Crippen molar-refractivity contribution in [1.29, 1.82) is 0 Å². The lowest BCUT2D eigenvalue weighted by molar-refractivity contribution is 0.308. The van der Waals surface area contributed by atoms with Crippen LogP contribution in [0.15, 0.2) is 42.5 Å². The first-order valence-electron chi connectivity index (χ1n) is 11.2. The van der Waals surface area contributed by atoms with Crippen molar-refractivity contribution in [3.8, 4) is 5.75 Å². The lowest BCUT2D eigenvalue weighted by Crippen LogP contribution is -2.18. The van der Waals surface area contributed by atoms with Crippen LogP contribution in [0.3, 0.4) is 0 Å². The smallest absolute Gasteiger partial charge is 0.119 e. The highest BCUT2D eigenvalue weighted by molar-refractivity contribution is 5.83. The number of fused-ring (bicyclic) bond motifs is 1. The van der Waals surface area contributed by atoms with Gasteiger partial charge in [-0.1, -0.05) is 95.0 Å². The summed E-state index contributed by atoms with van der Waals surface area (Å²) in [7, 11) is 0. The van der Waals surface area contributed by atoms with Crippen LogP contribution in [0.25, 0.3) is 10.8 Å². The molecule has 0 aliphatic heterocycles. The average molecular weight is 370 g/mol. The van der Waals surface area contributed by atoms with E-state index in [0.717, 1.165) is 31.9 Å². The van der Waals surface area contributed by atoms with Crippen LogP contribution in [0, 0.1) is 0 Å². The Balaban J connectivity index is 1.37. The van der Waals surface area contributed by atoms with Gasteiger partial charge in [0.25, 0.3) is 0 Å². The number of hydrogen-bond acceptors (Lipinski definition) is 2. The first kappa shape index (κ1) is 21.8. The molecule has 0 aliphatic rings. The summed E-state index contributed by atoms with van der Waals surface area (Å²) in [5.74, 6) is 0.975. The van der Waals surface area contributed by atoms with Gasteiger partial charge in [0.05, 0.1) is 6.61 Å². The van der Waals surface area contributed by atoms with Crippen LogP contribution in [0.2, 0.25) is 0 Å². The van der Waals surface area contributed by atoms with E-state index in [1.807, 2.05) is 0 Å². The van der Waals surface area contributed by atoms with E-state index in [1.54, 1.807) is 0 Å². The van der Waals surface area contributed by atoms with Crippen molar-refractivity contribution in [3.05, 3.63) is 42.5 Å². The zero-order chi connectivity index (χ0) is 19.0. The average Bonchev–Trinajstić information content (AvgIpc) is 2.71. The summed E-state index contributed by atoms with van der Waals surface area (Å²) in [5.41, 5.74) is 0. The number of rotatable bonds is 16. The number of ether oxygens (including phenoxy) is 1. The van der Waals surface area contributed by atoms with Gasteiger partial charge in [0, 0.05) is 0 Å². The first-order valence-corrected chi connectivity index (χ1v) is 11.2. The summed E-state index contributed by atoms with van der Waals surface area (Å²) < 4.78 is 5.88. The Morgan fingerprint density at radius 1 is 0.667 bits per heavy atom. The second-order valence-electron chi connectivity index (χ2n) is 7.64. The molecule has 0 heterocycles. The lowest BCUT2D eigenvalue weighted by atomic mass is 10.1. The van der Waals surface area contributed by atoms with Crippen LogP contribution >= 0.6 is 0 Å². The summed E-state index contributed by atoms with van der Waals surface area (Å²) in [4.78, 5) is 0. The fourth-order valence-electron chi connectivity index (χ4n) is 3.51. The van der Waals surface area contributed by atoms with E-state index in [9.17, 15) is 0 Å². The quantitative estimate of drug-likeness (QED) is 0.318. The zero-order valence-corrected chi connectivity index (χ0v) is 17.3. The van der Waals surface area contributed by atoms with Gasteiger partial charge in [-0.3, -0.25) is 0 Å². The third kappa shape index (κ3) is 9.81. The van der Waals surface area contributed by atoms with Crippen LogP contribution in [0.1, 0.15) is 77.6 Å². The minimum Gasteiger partial charge on any atom is -0.494 e. The number of nitrogens with one attached hydrogen (secondary N) is 1. The van der Waals surface area contributed by atoms with E-state index in [2.05, 4.69) is 54.7 Å². The summed E-state index contributed by atoms with van der Waals surface area (Å²) in [5, 5.41) is 6.06. The highest BCUT2D eigenvalue weighted by atomic mass is 16.5. The van der Waals surface area contributed by atoms with Crippen molar-refractivity contribution >= 4 is 10.8 Å². The number of benzene rings is 2. The molecule has 0 saturated heterocycles. The molecule has 27 heavy (non-hydrogen) atoms. The molecule has 0 fully saturated rings. The van der Waals surface area contributed by atoms with E-state index in [1.165, 1.54) is 75.0 Å². The molecule has 0 saturated carbocycles. The van der Waals surface area contributed by atoms with Crippen molar-refractivity contribution in [2.24, 2.45) is 0 Å². The van der Waals surface area contributed by atoms with Crippen molar-refractivity contribution in [2.45, 2.75) is 77.6 Å². The second-order valence-corrected chi connectivity index (χ2v) is 7.64. The predicted octanol–water partition coefficient (Wildman–Crippen LogP) is 7.12. The monoisotopic (exact) mass is 369 g/mol. The second kappa shape index (κ2) is 14.5. The minimum atomic E-state index is 0.781. The standard InChI is InChI=1S/C25H39NO/c1-2-3-4-5-6-7-8-9-10-13-19-26-20-14-21-27-25-18-17-23-15-11-12-16-24(23)22-25/h11-12,15-18,22,26H,2-10,13-14,19-21H2,1H3. The van der Waals surface area contributed by atoms with Crippen LogP contribution in [0.4, 0.5) is 0 Å². The van der Waals surface area contributed by atoms with E-state index in [0.29, 0.717) is 0 Å². The topological polar surface area (TPSA) is 21.3 Å². The molecular formula is C25H39NO. The van der Waals surface area contributed by atoms with Gasteiger partial charge in [0.2, 0.25) is 0 Å². The summed E-state index contributed by atoms with van der Waals surface area (Å²) in [6, 6.07) is 14.7. The Morgan fingerprint density at radius 2 is 1.30 bits per heavy atom. The van der Waals surface area contributed by atoms with Gasteiger partial charge in [0.15, 0.2) is 0 Å². The molecule has 2 rings (SSSR count). The van der Waals surface area contributed by atoms with E-state index in [4.69, 9.17) is 4.74 Å². The van der Waals surface area contributed by atoms with Crippen LogP contribution in [-0.4, -0.2) is 19.7 Å². The Kier molecular flexibility index (Phi) is 11.7.